The number of nitrogens with one attached hydrogen (secondary N) is 2. The van der Waals surface area contributed by atoms with E-state index in [-0.39, 0.29) is 24.8 Å². The first-order valence-electron chi connectivity index (χ1n) is 7.81. The molecule has 2 amide bonds. The minimum Gasteiger partial charge on any atom is -0.486 e. The summed E-state index contributed by atoms with van der Waals surface area (Å²) in [5.41, 5.74) is 1.46. The molecule has 0 aliphatic carbocycles. The molecule has 0 atom stereocenters. The molecular weight excluding hydrogens is 388 g/mol. The number of carbonyl (C=O) groups excluding carboxylic acids is 2. The average Bonchev–Trinajstić information content (AvgIpc) is 2.61. The predicted molar refractivity (Wildman–Crippen MR) is 96.9 cm³/mol. The van der Waals surface area contributed by atoms with E-state index in [1.54, 1.807) is 12.1 Å². The lowest BCUT2D eigenvalue weighted by Crippen LogP contribution is -2.33. The van der Waals surface area contributed by atoms with Crippen molar-refractivity contribution in [1.29, 1.82) is 0 Å². The van der Waals surface area contributed by atoms with Crippen LogP contribution in [0.2, 0.25) is 0 Å². The molecule has 1 aliphatic heterocycles. The number of fused-ring (bicyclic) bond motifs is 1. The van der Waals surface area contributed by atoms with Crippen molar-refractivity contribution in [2.24, 2.45) is 0 Å². The van der Waals surface area contributed by atoms with Crippen LogP contribution in [0.15, 0.2) is 46.9 Å². The van der Waals surface area contributed by atoms with Crippen LogP contribution in [0.1, 0.15) is 5.56 Å². The van der Waals surface area contributed by atoms with Crippen molar-refractivity contribution in [1.82, 2.24) is 5.32 Å². The Labute approximate surface area is 153 Å². The largest absolute Gasteiger partial charge is 0.486 e. The third-order valence-electron chi connectivity index (χ3n) is 3.56. The Morgan fingerprint density at radius 1 is 1.00 bits per heavy atom. The van der Waals surface area contributed by atoms with E-state index in [0.29, 0.717) is 34.9 Å². The zero-order valence-corrected chi connectivity index (χ0v) is 15.0. The van der Waals surface area contributed by atoms with Crippen LogP contribution in [0.4, 0.5) is 5.69 Å². The van der Waals surface area contributed by atoms with Gasteiger partial charge in [0.15, 0.2) is 11.5 Å². The van der Waals surface area contributed by atoms with Crippen molar-refractivity contribution in [2.45, 2.75) is 6.42 Å². The highest BCUT2D eigenvalue weighted by molar-refractivity contribution is 9.10. The Balaban J connectivity index is 1.53. The van der Waals surface area contributed by atoms with Crippen LogP contribution in [-0.4, -0.2) is 31.6 Å². The maximum atomic E-state index is 12.1. The Bertz CT molecular complexity index is 780. The topological polar surface area (TPSA) is 76.7 Å². The van der Waals surface area contributed by atoms with Crippen LogP contribution in [0.25, 0.3) is 0 Å². The van der Waals surface area contributed by atoms with E-state index in [1.165, 1.54) is 0 Å². The van der Waals surface area contributed by atoms with E-state index < -0.39 is 0 Å². The third kappa shape index (κ3) is 4.73. The molecule has 0 unspecified atom stereocenters. The molecule has 2 aromatic rings. The highest BCUT2D eigenvalue weighted by Gasteiger charge is 2.16. The second-order valence-electron chi connectivity index (χ2n) is 5.46. The van der Waals surface area contributed by atoms with E-state index in [1.807, 2.05) is 30.3 Å². The lowest BCUT2D eigenvalue weighted by Gasteiger charge is -2.20. The van der Waals surface area contributed by atoms with Crippen molar-refractivity contribution in [2.75, 3.05) is 25.1 Å². The van der Waals surface area contributed by atoms with E-state index in [9.17, 15) is 9.59 Å². The van der Waals surface area contributed by atoms with Gasteiger partial charge in [0.25, 0.3) is 0 Å². The molecule has 0 aromatic heterocycles. The molecule has 3 rings (SSSR count). The maximum absolute atomic E-state index is 12.1. The molecule has 0 fully saturated rings. The summed E-state index contributed by atoms with van der Waals surface area (Å²) < 4.78 is 11.7. The zero-order valence-electron chi connectivity index (χ0n) is 13.4. The van der Waals surface area contributed by atoms with Crippen molar-refractivity contribution in [3.05, 3.63) is 52.5 Å². The van der Waals surface area contributed by atoms with Crippen LogP contribution in [0, 0.1) is 0 Å². The summed E-state index contributed by atoms with van der Waals surface area (Å²) in [6.45, 7) is 0.864. The molecule has 2 N–H and O–H groups in total. The Hall–Kier alpha value is -2.54. The summed E-state index contributed by atoms with van der Waals surface area (Å²) in [5.74, 6) is 0.687. The fourth-order valence-electron chi connectivity index (χ4n) is 2.38. The highest BCUT2D eigenvalue weighted by atomic mass is 79.9. The number of carbonyl (C=O) groups is 2. The van der Waals surface area contributed by atoms with Gasteiger partial charge in [-0.25, -0.2) is 0 Å². The van der Waals surface area contributed by atoms with Gasteiger partial charge < -0.3 is 20.1 Å². The van der Waals surface area contributed by atoms with E-state index >= 15 is 0 Å². The van der Waals surface area contributed by atoms with Crippen LogP contribution >= 0.6 is 15.9 Å². The van der Waals surface area contributed by atoms with Crippen LogP contribution in [-0.2, 0) is 16.0 Å². The van der Waals surface area contributed by atoms with E-state index in [0.717, 1.165) is 5.56 Å². The second-order valence-corrected chi connectivity index (χ2v) is 6.32. The van der Waals surface area contributed by atoms with Gasteiger partial charge in [-0.05, 0) is 21.5 Å². The minimum atomic E-state index is -0.321. The van der Waals surface area contributed by atoms with Crippen LogP contribution in [0.3, 0.4) is 0 Å². The lowest BCUT2D eigenvalue weighted by molar-refractivity contribution is -0.123. The number of rotatable bonds is 5. The number of amides is 2. The smallest absolute Gasteiger partial charge is 0.243 e. The number of hydrogen-bond donors (Lipinski definition) is 2. The molecule has 0 spiro atoms. The monoisotopic (exact) mass is 404 g/mol. The standard InChI is InChI=1S/C18H17BrN2O4/c19-13-9-15-16(25-7-6-24-15)10-14(13)21-18(23)11-20-17(22)8-12-4-2-1-3-5-12/h1-5,9-10H,6-8,11H2,(H,20,22)(H,21,23). The fourth-order valence-corrected chi connectivity index (χ4v) is 2.80. The predicted octanol–water partition coefficient (Wildman–Crippen LogP) is 2.52. The van der Waals surface area contributed by atoms with Gasteiger partial charge in [0, 0.05) is 16.6 Å². The molecule has 7 heteroatoms. The second kappa shape index (κ2) is 8.02. The van der Waals surface area contributed by atoms with Crippen molar-refractivity contribution >= 4 is 33.4 Å². The van der Waals surface area contributed by atoms with Crippen LogP contribution < -0.4 is 20.1 Å². The number of hydrogen-bond acceptors (Lipinski definition) is 4. The van der Waals surface area contributed by atoms with Gasteiger partial charge in [-0.15, -0.1) is 0 Å². The number of anilines is 1. The van der Waals surface area contributed by atoms with E-state index in [4.69, 9.17) is 9.47 Å². The summed E-state index contributed by atoms with van der Waals surface area (Å²) in [4.78, 5) is 24.0. The van der Waals surface area contributed by atoms with Gasteiger partial charge in [-0.3, -0.25) is 9.59 Å². The molecular formula is C18H17BrN2O4. The van der Waals surface area contributed by atoms with Gasteiger partial charge in [0.05, 0.1) is 18.7 Å². The summed E-state index contributed by atoms with van der Waals surface area (Å²) in [6, 6.07) is 12.8. The molecule has 0 bridgehead atoms. The Morgan fingerprint density at radius 2 is 1.68 bits per heavy atom. The molecule has 0 saturated carbocycles. The summed E-state index contributed by atoms with van der Waals surface area (Å²) in [5, 5.41) is 5.35. The normalized spacial score (nSPS) is 12.4. The van der Waals surface area contributed by atoms with Crippen molar-refractivity contribution < 1.29 is 19.1 Å². The first kappa shape index (κ1) is 17.3. The molecule has 0 radical (unpaired) electrons. The Morgan fingerprint density at radius 3 is 2.40 bits per heavy atom. The number of benzene rings is 2. The van der Waals surface area contributed by atoms with Crippen molar-refractivity contribution in [3.8, 4) is 11.5 Å². The summed E-state index contributed by atoms with van der Waals surface area (Å²) in [7, 11) is 0. The van der Waals surface area contributed by atoms with E-state index in [2.05, 4.69) is 26.6 Å². The zero-order chi connectivity index (χ0) is 17.6. The molecule has 25 heavy (non-hydrogen) atoms. The molecule has 1 heterocycles. The number of halogens is 1. The molecule has 1 aliphatic rings. The van der Waals surface area contributed by atoms with Gasteiger partial charge >= 0.3 is 0 Å². The van der Waals surface area contributed by atoms with Gasteiger partial charge in [0.2, 0.25) is 11.8 Å². The maximum Gasteiger partial charge on any atom is 0.243 e. The quantitative estimate of drug-likeness (QED) is 0.802. The third-order valence-corrected chi connectivity index (χ3v) is 4.22. The first-order valence-corrected chi connectivity index (χ1v) is 8.61. The number of ether oxygens (including phenoxy) is 2. The highest BCUT2D eigenvalue weighted by Crippen LogP contribution is 2.38. The van der Waals surface area contributed by atoms with Gasteiger partial charge in [-0.1, -0.05) is 30.3 Å². The molecule has 130 valence electrons. The Kier molecular flexibility index (Phi) is 5.55. The van der Waals surface area contributed by atoms with Gasteiger partial charge in [-0.2, -0.15) is 0 Å². The summed E-state index contributed by atoms with van der Waals surface area (Å²) in [6.07, 6.45) is 0.238. The lowest BCUT2D eigenvalue weighted by atomic mass is 10.1. The van der Waals surface area contributed by atoms with Crippen LogP contribution in [0.5, 0.6) is 11.5 Å². The minimum absolute atomic E-state index is 0.105. The molecule has 2 aromatic carbocycles. The van der Waals surface area contributed by atoms with Gasteiger partial charge in [0.1, 0.15) is 13.2 Å². The average molecular weight is 405 g/mol. The first-order chi connectivity index (χ1) is 12.1. The summed E-state index contributed by atoms with van der Waals surface area (Å²) >= 11 is 3.39. The van der Waals surface area contributed by atoms with Crippen molar-refractivity contribution in [3.63, 3.8) is 0 Å². The SMILES string of the molecule is O=C(Cc1ccccc1)NCC(=O)Nc1cc2c(cc1Br)OCCO2. The molecule has 6 nitrogen and oxygen atoms in total. The molecule has 0 saturated heterocycles. The fraction of sp³-hybridized carbons (Fsp3) is 0.222.